The number of benzene rings is 1. The molecule has 1 N–H and O–H groups in total. The van der Waals surface area contributed by atoms with Crippen molar-refractivity contribution in [3.8, 4) is 0 Å². The Morgan fingerprint density at radius 2 is 1.59 bits per heavy atom. The van der Waals surface area contributed by atoms with Gasteiger partial charge in [-0.15, -0.1) is 0 Å². The van der Waals surface area contributed by atoms with Gasteiger partial charge in [-0.25, -0.2) is 0 Å². The van der Waals surface area contributed by atoms with E-state index < -0.39 is 0 Å². The molecule has 1 atom stereocenters. The van der Waals surface area contributed by atoms with E-state index in [1.54, 1.807) is 0 Å². The largest absolute Gasteiger partial charge is 0.314 e. The second-order valence-corrected chi connectivity index (χ2v) is 5.86. The van der Waals surface area contributed by atoms with Gasteiger partial charge in [0.2, 0.25) is 0 Å². The zero-order chi connectivity index (χ0) is 13.0. The Balaban J connectivity index is 2.97. The molecule has 1 rings (SSSR count). The van der Waals surface area contributed by atoms with Crippen molar-refractivity contribution >= 4 is 23.2 Å². The van der Waals surface area contributed by atoms with Gasteiger partial charge in [0.15, 0.2) is 0 Å². The van der Waals surface area contributed by atoms with Gasteiger partial charge in [0.05, 0.1) is 0 Å². The third kappa shape index (κ3) is 4.17. The summed E-state index contributed by atoms with van der Waals surface area (Å²) in [5.74, 6) is 0.845. The molecule has 0 aliphatic rings. The predicted molar refractivity (Wildman–Crippen MR) is 77.2 cm³/mol. The van der Waals surface area contributed by atoms with Gasteiger partial charge in [0.25, 0.3) is 0 Å². The first-order valence-corrected chi connectivity index (χ1v) is 6.86. The molecule has 0 saturated heterocycles. The van der Waals surface area contributed by atoms with E-state index in [-0.39, 0.29) is 0 Å². The minimum Gasteiger partial charge on any atom is -0.314 e. The van der Waals surface area contributed by atoms with Gasteiger partial charge < -0.3 is 5.32 Å². The molecule has 17 heavy (non-hydrogen) atoms. The van der Waals surface area contributed by atoms with E-state index in [9.17, 15) is 0 Å². The molecule has 1 aromatic rings. The average Bonchev–Trinajstić information content (AvgIpc) is 2.21. The highest BCUT2D eigenvalue weighted by Gasteiger charge is 2.21. The zero-order valence-electron chi connectivity index (χ0n) is 10.9. The Labute approximate surface area is 115 Å². The first-order valence-electron chi connectivity index (χ1n) is 6.10. The van der Waals surface area contributed by atoms with Crippen LogP contribution in [-0.2, 0) is 0 Å². The molecule has 0 fully saturated rings. The summed E-state index contributed by atoms with van der Waals surface area (Å²) in [5.41, 5.74) is 1.07. The van der Waals surface area contributed by atoms with Crippen molar-refractivity contribution in [2.75, 3.05) is 6.54 Å². The van der Waals surface area contributed by atoms with Crippen molar-refractivity contribution < 1.29 is 0 Å². The topological polar surface area (TPSA) is 12.0 Å². The van der Waals surface area contributed by atoms with Crippen molar-refractivity contribution in [1.29, 1.82) is 0 Å². The van der Waals surface area contributed by atoms with E-state index in [2.05, 4.69) is 33.0 Å². The summed E-state index contributed by atoms with van der Waals surface area (Å²) < 4.78 is 0. The molecule has 1 nitrogen and oxygen atoms in total. The molecule has 0 bridgehead atoms. The second kappa shape index (κ2) is 6.63. The third-order valence-corrected chi connectivity index (χ3v) is 3.58. The standard InChI is InChI=1S/C14H21Cl2N/c1-9(2)11(8-17-10(3)4)14-12(15)6-5-7-13(14)16/h5-7,9-11,17H,8H2,1-4H3. The van der Waals surface area contributed by atoms with Crippen molar-refractivity contribution in [2.45, 2.75) is 39.7 Å². The fourth-order valence-electron chi connectivity index (χ4n) is 1.90. The Morgan fingerprint density at radius 1 is 1.06 bits per heavy atom. The summed E-state index contributed by atoms with van der Waals surface area (Å²) in [6.45, 7) is 9.59. The smallest absolute Gasteiger partial charge is 0.0456 e. The molecule has 0 radical (unpaired) electrons. The maximum atomic E-state index is 6.27. The summed E-state index contributed by atoms with van der Waals surface area (Å²) in [5, 5.41) is 4.99. The molecule has 1 aromatic carbocycles. The molecule has 0 amide bonds. The van der Waals surface area contributed by atoms with Gasteiger partial charge in [0.1, 0.15) is 0 Å². The number of rotatable bonds is 5. The molecular formula is C14H21Cl2N. The van der Waals surface area contributed by atoms with Gasteiger partial charge in [-0.2, -0.15) is 0 Å². The third-order valence-electron chi connectivity index (χ3n) is 2.92. The monoisotopic (exact) mass is 273 g/mol. The molecule has 3 heteroatoms. The summed E-state index contributed by atoms with van der Waals surface area (Å²) in [7, 11) is 0. The molecule has 0 aliphatic heterocycles. The molecule has 0 spiro atoms. The fourth-order valence-corrected chi connectivity index (χ4v) is 2.58. The van der Waals surface area contributed by atoms with E-state index in [4.69, 9.17) is 23.2 Å². The van der Waals surface area contributed by atoms with Crippen LogP contribution in [0.3, 0.4) is 0 Å². The lowest BCUT2D eigenvalue weighted by Crippen LogP contribution is -2.30. The second-order valence-electron chi connectivity index (χ2n) is 5.05. The van der Waals surface area contributed by atoms with Crippen molar-refractivity contribution in [3.63, 3.8) is 0 Å². The average molecular weight is 274 g/mol. The molecule has 0 aliphatic carbocycles. The van der Waals surface area contributed by atoms with Crippen molar-refractivity contribution in [2.24, 2.45) is 5.92 Å². The van der Waals surface area contributed by atoms with Crippen LogP contribution in [0, 0.1) is 5.92 Å². The summed E-state index contributed by atoms with van der Waals surface area (Å²) >= 11 is 12.5. The maximum absolute atomic E-state index is 6.27. The molecule has 0 heterocycles. The Kier molecular flexibility index (Phi) is 5.78. The first-order chi connectivity index (χ1) is 7.93. The van der Waals surface area contributed by atoms with Crippen molar-refractivity contribution in [3.05, 3.63) is 33.8 Å². The van der Waals surface area contributed by atoms with Gasteiger partial charge in [-0.1, -0.05) is 57.0 Å². The van der Waals surface area contributed by atoms with E-state index in [0.717, 1.165) is 22.2 Å². The van der Waals surface area contributed by atoms with Gasteiger partial charge in [-0.05, 0) is 23.6 Å². The van der Waals surface area contributed by atoms with Gasteiger partial charge in [0, 0.05) is 28.5 Å². The lowest BCUT2D eigenvalue weighted by Gasteiger charge is -2.25. The molecule has 0 aromatic heterocycles. The van der Waals surface area contributed by atoms with Crippen LogP contribution in [0.25, 0.3) is 0 Å². The van der Waals surface area contributed by atoms with Crippen LogP contribution in [0.2, 0.25) is 10.0 Å². The number of nitrogens with one attached hydrogen (secondary N) is 1. The highest BCUT2D eigenvalue weighted by molar-refractivity contribution is 6.36. The summed E-state index contributed by atoms with van der Waals surface area (Å²) in [6, 6.07) is 6.18. The van der Waals surface area contributed by atoms with E-state index >= 15 is 0 Å². The minimum absolute atomic E-state index is 0.346. The maximum Gasteiger partial charge on any atom is 0.0456 e. The quantitative estimate of drug-likeness (QED) is 0.818. The highest BCUT2D eigenvalue weighted by atomic mass is 35.5. The van der Waals surface area contributed by atoms with Crippen LogP contribution in [0.5, 0.6) is 0 Å². The molecular weight excluding hydrogens is 253 g/mol. The molecule has 0 saturated carbocycles. The van der Waals surface area contributed by atoms with Crippen LogP contribution in [0.4, 0.5) is 0 Å². The highest BCUT2D eigenvalue weighted by Crippen LogP contribution is 2.35. The Hall–Kier alpha value is -0.240. The summed E-state index contributed by atoms with van der Waals surface area (Å²) in [6.07, 6.45) is 0. The van der Waals surface area contributed by atoms with Crippen LogP contribution >= 0.6 is 23.2 Å². The summed E-state index contributed by atoms with van der Waals surface area (Å²) in [4.78, 5) is 0. The predicted octanol–water partition coefficient (Wildman–Crippen LogP) is 4.73. The molecule has 96 valence electrons. The zero-order valence-corrected chi connectivity index (χ0v) is 12.4. The van der Waals surface area contributed by atoms with Crippen LogP contribution in [0.1, 0.15) is 39.2 Å². The SMILES string of the molecule is CC(C)NCC(c1c(Cl)cccc1Cl)C(C)C. The molecule has 1 unspecified atom stereocenters. The number of hydrogen-bond acceptors (Lipinski definition) is 1. The minimum atomic E-state index is 0.346. The number of halogens is 2. The van der Waals surface area contributed by atoms with Gasteiger partial charge >= 0.3 is 0 Å². The van der Waals surface area contributed by atoms with Crippen LogP contribution in [0.15, 0.2) is 18.2 Å². The van der Waals surface area contributed by atoms with E-state index in [1.165, 1.54) is 0 Å². The van der Waals surface area contributed by atoms with Crippen LogP contribution < -0.4 is 5.32 Å². The van der Waals surface area contributed by atoms with E-state index in [1.807, 2.05) is 18.2 Å². The first kappa shape index (κ1) is 14.8. The van der Waals surface area contributed by atoms with E-state index in [0.29, 0.717) is 17.9 Å². The normalized spacial score (nSPS) is 13.4. The lowest BCUT2D eigenvalue weighted by molar-refractivity contribution is 0.441. The van der Waals surface area contributed by atoms with Crippen LogP contribution in [-0.4, -0.2) is 12.6 Å². The Morgan fingerprint density at radius 3 is 2.00 bits per heavy atom. The lowest BCUT2D eigenvalue weighted by atomic mass is 9.88. The van der Waals surface area contributed by atoms with Gasteiger partial charge in [-0.3, -0.25) is 0 Å². The van der Waals surface area contributed by atoms with Crippen molar-refractivity contribution in [1.82, 2.24) is 5.32 Å². The number of hydrogen-bond donors (Lipinski definition) is 1. The Bertz CT molecular complexity index is 341. The fraction of sp³-hybridized carbons (Fsp3) is 0.571.